The molecule has 15 heavy (non-hydrogen) atoms. The van der Waals surface area contributed by atoms with Crippen LogP contribution >= 0.6 is 0 Å². The predicted octanol–water partition coefficient (Wildman–Crippen LogP) is 3.87. The quantitative estimate of drug-likeness (QED) is 0.459. The molecule has 0 aliphatic heterocycles. The molecule has 0 spiro atoms. The Morgan fingerprint density at radius 1 is 1.27 bits per heavy atom. The van der Waals surface area contributed by atoms with Gasteiger partial charge < -0.3 is 4.74 Å². The maximum atomic E-state index is 5.18. The summed E-state index contributed by atoms with van der Waals surface area (Å²) in [6, 6.07) is 0. The van der Waals surface area contributed by atoms with E-state index in [1.165, 1.54) is 0 Å². The van der Waals surface area contributed by atoms with Crippen molar-refractivity contribution in [3.05, 3.63) is 36.3 Å². The fourth-order valence-electron chi connectivity index (χ4n) is 1.24. The lowest BCUT2D eigenvalue weighted by atomic mass is 10.1. The van der Waals surface area contributed by atoms with Gasteiger partial charge in [0.05, 0.1) is 12.9 Å². The van der Waals surface area contributed by atoms with E-state index >= 15 is 0 Å². The Balaban J connectivity index is 3.93. The highest BCUT2D eigenvalue weighted by Gasteiger charge is 1.97. The first-order chi connectivity index (χ1) is 7.28. The number of aliphatic imine (C=N–C) groups is 1. The minimum absolute atomic E-state index is 0.966. The molecule has 0 rings (SSSR count). The second kappa shape index (κ2) is 9.25. The Labute approximate surface area is 93.1 Å². The van der Waals surface area contributed by atoms with Crippen molar-refractivity contribution in [1.82, 2.24) is 0 Å². The van der Waals surface area contributed by atoms with Crippen molar-refractivity contribution in [3.63, 3.8) is 0 Å². The molecular formula is C13H21NO. The van der Waals surface area contributed by atoms with Crippen LogP contribution in [0.4, 0.5) is 0 Å². The average molecular weight is 207 g/mol. The Morgan fingerprint density at radius 2 is 2.00 bits per heavy atom. The lowest BCUT2D eigenvalue weighted by Gasteiger charge is -2.05. The Morgan fingerprint density at radius 3 is 2.47 bits per heavy atom. The number of allylic oxidation sites excluding steroid dienone is 5. The molecule has 2 heteroatoms. The van der Waals surface area contributed by atoms with Crippen LogP contribution in [0.15, 0.2) is 41.3 Å². The van der Waals surface area contributed by atoms with Gasteiger partial charge in [-0.15, -0.1) is 0 Å². The fraction of sp³-hybridized carbons (Fsp3) is 0.462. The molecule has 0 bridgehead atoms. The number of hydrogen-bond donors (Lipinski definition) is 0. The van der Waals surface area contributed by atoms with Crippen molar-refractivity contribution in [3.8, 4) is 0 Å². The summed E-state index contributed by atoms with van der Waals surface area (Å²) >= 11 is 0. The molecular weight excluding hydrogens is 186 g/mol. The van der Waals surface area contributed by atoms with Crippen LogP contribution in [0.3, 0.4) is 0 Å². The molecule has 2 nitrogen and oxygen atoms in total. The summed E-state index contributed by atoms with van der Waals surface area (Å²) in [7, 11) is 1.71. The first-order valence-corrected chi connectivity index (χ1v) is 5.27. The summed E-state index contributed by atoms with van der Waals surface area (Å²) in [5, 5.41) is 0. The molecule has 0 aromatic heterocycles. The van der Waals surface area contributed by atoms with Crippen LogP contribution in [-0.2, 0) is 4.74 Å². The standard InChI is InChI=1S/C13H21NO/c1-5-11-14-12(6-2)9-8-10-13(7-3)15-4/h5-7,11H,1,8-10H2,2-4H3/b12-6-,13-7+,14-11?. The maximum Gasteiger partial charge on any atom is 0.0913 e. The van der Waals surface area contributed by atoms with Gasteiger partial charge in [0.25, 0.3) is 0 Å². The van der Waals surface area contributed by atoms with E-state index in [2.05, 4.69) is 11.6 Å². The number of ether oxygens (including phenoxy) is 1. The topological polar surface area (TPSA) is 21.6 Å². The largest absolute Gasteiger partial charge is 0.501 e. The number of hydrogen-bond acceptors (Lipinski definition) is 2. The molecule has 0 aliphatic carbocycles. The number of methoxy groups -OCH3 is 1. The molecule has 0 fully saturated rings. The van der Waals surface area contributed by atoms with Gasteiger partial charge in [-0.3, -0.25) is 4.99 Å². The zero-order valence-corrected chi connectivity index (χ0v) is 9.99. The highest BCUT2D eigenvalue weighted by Crippen LogP contribution is 2.13. The number of nitrogens with zero attached hydrogens (tertiary/aromatic N) is 1. The van der Waals surface area contributed by atoms with Crippen LogP contribution in [0.2, 0.25) is 0 Å². The molecule has 0 heterocycles. The van der Waals surface area contributed by atoms with Gasteiger partial charge >= 0.3 is 0 Å². The second-order valence-electron chi connectivity index (χ2n) is 3.11. The van der Waals surface area contributed by atoms with E-state index in [-0.39, 0.29) is 0 Å². The lowest BCUT2D eigenvalue weighted by Crippen LogP contribution is -1.88. The molecule has 0 aliphatic rings. The van der Waals surface area contributed by atoms with Crippen molar-refractivity contribution in [2.75, 3.05) is 7.11 Å². The normalized spacial score (nSPS) is 13.3. The van der Waals surface area contributed by atoms with E-state index in [0.717, 1.165) is 30.7 Å². The summed E-state index contributed by atoms with van der Waals surface area (Å²) in [5.74, 6) is 1.04. The lowest BCUT2D eigenvalue weighted by molar-refractivity contribution is 0.274. The van der Waals surface area contributed by atoms with Gasteiger partial charge in [-0.25, -0.2) is 0 Å². The van der Waals surface area contributed by atoms with Gasteiger partial charge in [0.1, 0.15) is 0 Å². The Kier molecular flexibility index (Phi) is 8.44. The van der Waals surface area contributed by atoms with Crippen molar-refractivity contribution in [2.45, 2.75) is 33.1 Å². The monoisotopic (exact) mass is 207 g/mol. The van der Waals surface area contributed by atoms with Gasteiger partial charge in [-0.2, -0.15) is 0 Å². The Hall–Kier alpha value is -1.31. The zero-order chi connectivity index (χ0) is 11.5. The van der Waals surface area contributed by atoms with Crippen LogP contribution in [-0.4, -0.2) is 13.3 Å². The Bertz CT molecular complexity index is 262. The SMILES string of the molecule is C=CC=N/C(=C\C)CCC/C(=C\C)OC. The third kappa shape index (κ3) is 6.72. The molecule has 0 amide bonds. The van der Waals surface area contributed by atoms with Crippen molar-refractivity contribution in [1.29, 1.82) is 0 Å². The molecule has 0 saturated carbocycles. The molecule has 84 valence electrons. The average Bonchev–Trinajstić information content (AvgIpc) is 2.28. The molecule has 0 N–H and O–H groups in total. The maximum absolute atomic E-state index is 5.18. The molecule has 0 unspecified atom stereocenters. The van der Waals surface area contributed by atoms with Gasteiger partial charge in [0, 0.05) is 18.3 Å². The molecule has 0 saturated heterocycles. The van der Waals surface area contributed by atoms with E-state index in [9.17, 15) is 0 Å². The van der Waals surface area contributed by atoms with Gasteiger partial charge in [-0.05, 0) is 32.8 Å². The molecule has 0 radical (unpaired) electrons. The minimum Gasteiger partial charge on any atom is -0.501 e. The first-order valence-electron chi connectivity index (χ1n) is 5.27. The molecule has 0 aromatic carbocycles. The van der Waals surface area contributed by atoms with E-state index in [4.69, 9.17) is 4.74 Å². The van der Waals surface area contributed by atoms with E-state index < -0.39 is 0 Å². The van der Waals surface area contributed by atoms with Crippen molar-refractivity contribution in [2.24, 2.45) is 4.99 Å². The van der Waals surface area contributed by atoms with E-state index in [1.807, 2.05) is 26.0 Å². The summed E-state index contributed by atoms with van der Waals surface area (Å²) in [6.45, 7) is 7.59. The van der Waals surface area contributed by atoms with Crippen molar-refractivity contribution < 1.29 is 4.74 Å². The van der Waals surface area contributed by atoms with E-state index in [0.29, 0.717) is 0 Å². The smallest absolute Gasteiger partial charge is 0.0913 e. The summed E-state index contributed by atoms with van der Waals surface area (Å²) < 4.78 is 5.18. The summed E-state index contributed by atoms with van der Waals surface area (Å²) in [4.78, 5) is 4.27. The third-order valence-corrected chi connectivity index (χ3v) is 2.12. The fourth-order valence-corrected chi connectivity index (χ4v) is 1.24. The van der Waals surface area contributed by atoms with Crippen LogP contribution in [0.1, 0.15) is 33.1 Å². The van der Waals surface area contributed by atoms with Gasteiger partial charge in [-0.1, -0.05) is 18.7 Å². The number of rotatable bonds is 7. The molecule has 0 aromatic rings. The van der Waals surface area contributed by atoms with E-state index in [1.54, 1.807) is 19.4 Å². The van der Waals surface area contributed by atoms with Gasteiger partial charge in [0.2, 0.25) is 0 Å². The first kappa shape index (κ1) is 13.7. The predicted molar refractivity (Wildman–Crippen MR) is 67.1 cm³/mol. The van der Waals surface area contributed by atoms with Crippen LogP contribution < -0.4 is 0 Å². The molecule has 0 atom stereocenters. The summed E-state index contributed by atoms with van der Waals surface area (Å²) in [5.41, 5.74) is 1.10. The highest BCUT2D eigenvalue weighted by atomic mass is 16.5. The van der Waals surface area contributed by atoms with Crippen molar-refractivity contribution >= 4 is 6.21 Å². The highest BCUT2D eigenvalue weighted by molar-refractivity contribution is 5.71. The zero-order valence-electron chi connectivity index (χ0n) is 9.99. The second-order valence-corrected chi connectivity index (χ2v) is 3.11. The minimum atomic E-state index is 0.966. The van der Waals surface area contributed by atoms with Crippen LogP contribution in [0, 0.1) is 0 Å². The van der Waals surface area contributed by atoms with Gasteiger partial charge in [0.15, 0.2) is 0 Å². The third-order valence-electron chi connectivity index (χ3n) is 2.12. The van der Waals surface area contributed by atoms with Crippen LogP contribution in [0.25, 0.3) is 0 Å². The summed E-state index contributed by atoms with van der Waals surface area (Å²) in [6.07, 6.45) is 10.4. The van der Waals surface area contributed by atoms with Crippen LogP contribution in [0.5, 0.6) is 0 Å².